The van der Waals surface area contributed by atoms with Crippen molar-refractivity contribution in [3.8, 4) is 16.7 Å². The summed E-state index contributed by atoms with van der Waals surface area (Å²) in [5.41, 5.74) is 1.99. The Morgan fingerprint density at radius 1 is 0.962 bits per heavy atom. The fourth-order valence-corrected chi connectivity index (χ4v) is 2.71. The molecule has 1 heterocycles. The van der Waals surface area contributed by atoms with Crippen LogP contribution in [0.4, 0.5) is 4.79 Å². The second-order valence-electron chi connectivity index (χ2n) is 5.43. The number of nitrogens with zero attached hydrogens (tertiary/aromatic N) is 1. The van der Waals surface area contributed by atoms with Crippen LogP contribution in [-0.4, -0.2) is 18.1 Å². The van der Waals surface area contributed by atoms with Crippen LogP contribution < -0.4 is 20.1 Å². The molecule has 2 aromatic carbocycles. The lowest BCUT2D eigenvalue weighted by molar-refractivity contribution is 0.240. The minimum atomic E-state index is -0.219. The van der Waals surface area contributed by atoms with Crippen molar-refractivity contribution < 1.29 is 14.3 Å². The summed E-state index contributed by atoms with van der Waals surface area (Å²) in [4.78, 5) is 16.0. The van der Waals surface area contributed by atoms with Gasteiger partial charge < -0.3 is 20.1 Å². The topological polar surface area (TPSA) is 72.5 Å². The molecule has 0 aliphatic heterocycles. The summed E-state index contributed by atoms with van der Waals surface area (Å²) < 4.78 is 10.7. The molecule has 2 N–H and O–H groups in total. The maximum Gasteiger partial charge on any atom is 0.315 e. The summed E-state index contributed by atoms with van der Waals surface area (Å²) in [6.07, 6.45) is 1.70. The van der Waals surface area contributed by atoms with E-state index in [1.54, 1.807) is 13.3 Å². The Bertz CT molecular complexity index is 818. The minimum absolute atomic E-state index is 0.219. The molecule has 6 nitrogen and oxygen atoms in total. The van der Waals surface area contributed by atoms with Crippen LogP contribution in [-0.2, 0) is 13.1 Å². The Morgan fingerprint density at radius 3 is 2.04 bits per heavy atom. The van der Waals surface area contributed by atoms with E-state index in [4.69, 9.17) is 9.47 Å². The van der Waals surface area contributed by atoms with Gasteiger partial charge in [0.05, 0.1) is 7.11 Å². The van der Waals surface area contributed by atoms with Crippen LogP contribution in [0.2, 0.25) is 0 Å². The van der Waals surface area contributed by atoms with Crippen molar-refractivity contribution in [2.75, 3.05) is 7.11 Å². The smallest absolute Gasteiger partial charge is 0.315 e. The van der Waals surface area contributed by atoms with Crippen LogP contribution in [0.3, 0.4) is 0 Å². The van der Waals surface area contributed by atoms with E-state index in [1.165, 1.54) is 11.3 Å². The van der Waals surface area contributed by atoms with E-state index in [0.29, 0.717) is 24.0 Å². The number of hydrogen-bond acceptors (Lipinski definition) is 5. The van der Waals surface area contributed by atoms with Gasteiger partial charge in [-0.25, -0.2) is 9.78 Å². The maximum atomic E-state index is 11.9. The molecule has 3 aromatic rings. The number of aromatic nitrogens is 1. The summed E-state index contributed by atoms with van der Waals surface area (Å²) in [5, 5.41) is 8.12. The van der Waals surface area contributed by atoms with Gasteiger partial charge in [0.15, 0.2) is 0 Å². The molecule has 0 aliphatic rings. The first-order valence-corrected chi connectivity index (χ1v) is 8.92. The quantitative estimate of drug-likeness (QED) is 0.662. The lowest BCUT2D eigenvalue weighted by Gasteiger charge is -2.09. The molecule has 2 amide bonds. The van der Waals surface area contributed by atoms with Crippen LogP contribution >= 0.6 is 11.3 Å². The Labute approximate surface area is 155 Å². The summed E-state index contributed by atoms with van der Waals surface area (Å²) >= 11 is 1.44. The van der Waals surface area contributed by atoms with Crippen molar-refractivity contribution in [2.45, 2.75) is 13.1 Å². The first kappa shape index (κ1) is 17.8. The highest BCUT2D eigenvalue weighted by atomic mass is 32.1. The Morgan fingerprint density at radius 2 is 1.54 bits per heavy atom. The largest absolute Gasteiger partial charge is 0.497 e. The molecule has 0 spiro atoms. The van der Waals surface area contributed by atoms with Crippen molar-refractivity contribution in [1.82, 2.24) is 15.6 Å². The third-order valence-corrected chi connectivity index (χ3v) is 4.25. The molecule has 0 unspecified atom stereocenters. The van der Waals surface area contributed by atoms with Crippen LogP contribution in [0.15, 0.2) is 60.1 Å². The Kier molecular flexibility index (Phi) is 6.05. The van der Waals surface area contributed by atoms with Crippen LogP contribution in [0, 0.1) is 0 Å². The van der Waals surface area contributed by atoms with Crippen molar-refractivity contribution in [2.24, 2.45) is 0 Å². The first-order chi connectivity index (χ1) is 12.7. The number of nitrogens with one attached hydrogen (secondary N) is 2. The number of amides is 2. The molecular formula is C19H19N3O3S. The molecule has 134 valence electrons. The van der Waals surface area contributed by atoms with E-state index < -0.39 is 0 Å². The molecule has 0 saturated carbocycles. The summed E-state index contributed by atoms with van der Waals surface area (Å²) in [6.45, 7) is 0.891. The molecule has 0 fully saturated rings. The van der Waals surface area contributed by atoms with Gasteiger partial charge in [-0.3, -0.25) is 0 Å². The highest BCUT2D eigenvalue weighted by Crippen LogP contribution is 2.23. The lowest BCUT2D eigenvalue weighted by Crippen LogP contribution is -2.34. The molecule has 3 rings (SSSR count). The van der Waals surface area contributed by atoms with Crippen molar-refractivity contribution >= 4 is 17.4 Å². The molecule has 26 heavy (non-hydrogen) atoms. The van der Waals surface area contributed by atoms with Gasteiger partial charge in [-0.1, -0.05) is 35.6 Å². The number of benzene rings is 2. The predicted octanol–water partition coefficient (Wildman–Crippen LogP) is 3.94. The number of methoxy groups -OCH3 is 1. The molecular weight excluding hydrogens is 350 g/mol. The second-order valence-corrected chi connectivity index (χ2v) is 6.29. The number of rotatable bonds is 7. The zero-order valence-electron chi connectivity index (χ0n) is 14.3. The summed E-state index contributed by atoms with van der Waals surface area (Å²) in [6, 6.07) is 14.9. The molecule has 0 aliphatic carbocycles. The highest BCUT2D eigenvalue weighted by molar-refractivity contribution is 7.11. The van der Waals surface area contributed by atoms with Gasteiger partial charge in [-0.2, -0.15) is 0 Å². The van der Waals surface area contributed by atoms with Crippen molar-refractivity contribution in [3.05, 3.63) is 71.2 Å². The number of ether oxygens (including phenoxy) is 2. The van der Waals surface area contributed by atoms with Gasteiger partial charge in [-0.05, 0) is 35.4 Å². The predicted molar refractivity (Wildman–Crippen MR) is 101 cm³/mol. The third-order valence-electron chi connectivity index (χ3n) is 3.60. The number of hydrogen-bond donors (Lipinski definition) is 2. The fourth-order valence-electron chi connectivity index (χ4n) is 2.21. The molecule has 1 aromatic heterocycles. The van der Waals surface area contributed by atoms with E-state index in [9.17, 15) is 4.79 Å². The van der Waals surface area contributed by atoms with E-state index in [0.717, 1.165) is 16.9 Å². The fraction of sp³-hybridized carbons (Fsp3) is 0.158. The molecule has 0 saturated heterocycles. The zero-order chi connectivity index (χ0) is 18.2. The third kappa shape index (κ3) is 5.22. The van der Waals surface area contributed by atoms with Crippen LogP contribution in [0.25, 0.3) is 0 Å². The van der Waals surface area contributed by atoms with Gasteiger partial charge in [0.2, 0.25) is 0 Å². The maximum absolute atomic E-state index is 11.9. The molecule has 0 radical (unpaired) electrons. The van der Waals surface area contributed by atoms with Gasteiger partial charge in [0.25, 0.3) is 5.19 Å². The first-order valence-electron chi connectivity index (χ1n) is 8.04. The highest BCUT2D eigenvalue weighted by Gasteiger charge is 2.03. The summed E-state index contributed by atoms with van der Waals surface area (Å²) in [5.74, 6) is 1.51. The number of urea groups is 1. The van der Waals surface area contributed by atoms with Gasteiger partial charge in [0.1, 0.15) is 11.5 Å². The molecule has 7 heteroatoms. The Balaban J connectivity index is 1.42. The van der Waals surface area contributed by atoms with E-state index >= 15 is 0 Å². The SMILES string of the molecule is COc1ccc(CNC(=O)NCc2ccc(Oc3nccs3)cc2)cc1. The van der Waals surface area contributed by atoms with Crippen molar-refractivity contribution in [1.29, 1.82) is 0 Å². The standard InChI is InChI=1S/C19H19N3O3S/c1-24-16-6-2-14(3-7-16)12-21-18(23)22-13-15-4-8-17(9-5-15)25-19-20-10-11-26-19/h2-11H,12-13H2,1H3,(H2,21,22,23). The average Bonchev–Trinajstić information content (AvgIpc) is 3.19. The van der Waals surface area contributed by atoms with Gasteiger partial charge in [0, 0.05) is 24.7 Å². The van der Waals surface area contributed by atoms with Gasteiger partial charge in [-0.15, -0.1) is 0 Å². The number of thiazole rings is 1. The van der Waals surface area contributed by atoms with Gasteiger partial charge >= 0.3 is 6.03 Å². The van der Waals surface area contributed by atoms with Crippen LogP contribution in [0.1, 0.15) is 11.1 Å². The van der Waals surface area contributed by atoms with Crippen molar-refractivity contribution in [3.63, 3.8) is 0 Å². The number of carbonyl (C=O) groups excluding carboxylic acids is 1. The van der Waals surface area contributed by atoms with E-state index in [1.807, 2.05) is 53.9 Å². The molecule has 0 atom stereocenters. The average molecular weight is 369 g/mol. The lowest BCUT2D eigenvalue weighted by atomic mass is 10.2. The van der Waals surface area contributed by atoms with Crippen LogP contribution in [0.5, 0.6) is 16.7 Å². The minimum Gasteiger partial charge on any atom is -0.497 e. The summed E-state index contributed by atoms with van der Waals surface area (Å²) in [7, 11) is 1.62. The Hall–Kier alpha value is -3.06. The second kappa shape index (κ2) is 8.87. The van der Waals surface area contributed by atoms with E-state index in [-0.39, 0.29) is 6.03 Å². The zero-order valence-corrected chi connectivity index (χ0v) is 15.1. The monoisotopic (exact) mass is 369 g/mol. The number of carbonyl (C=O) groups is 1. The van der Waals surface area contributed by atoms with E-state index in [2.05, 4.69) is 15.6 Å². The molecule has 0 bridgehead atoms. The normalized spacial score (nSPS) is 10.2.